The molecule has 1 amide bonds. The first kappa shape index (κ1) is 21.7. The van der Waals surface area contributed by atoms with E-state index in [1.807, 2.05) is 0 Å². The molecular formula is C20H21NO9. The second-order valence-corrected chi connectivity index (χ2v) is 6.65. The van der Waals surface area contributed by atoms with Crippen LogP contribution in [-0.4, -0.2) is 74.7 Å². The number of hydrogen-bond acceptors (Lipinski definition) is 8. The minimum Gasteiger partial charge on any atom is -0.474 e. The molecule has 0 radical (unpaired) electrons. The van der Waals surface area contributed by atoms with E-state index in [1.54, 1.807) is 36.4 Å². The standard InChI is InChI=1S/C20H21NO9/c22-9-14-15(23)16(24)17(25)20(30-14)29-13-7-2-1-6-12(13)10-4-3-5-11(8-10)21-18(26)19(27)28/h1-8,14-17,20,22-25H,9H2,(H,21,26)(H,27,28)/t14-,15-,16+,17+,20+/m1/s1. The maximum Gasteiger partial charge on any atom is 0.394 e. The molecule has 0 aliphatic carbocycles. The van der Waals surface area contributed by atoms with Crippen molar-refractivity contribution in [1.29, 1.82) is 0 Å². The molecule has 0 bridgehead atoms. The minimum atomic E-state index is -1.62. The summed E-state index contributed by atoms with van der Waals surface area (Å²) in [6, 6.07) is 13.0. The fourth-order valence-electron chi connectivity index (χ4n) is 3.05. The Balaban J connectivity index is 1.86. The molecule has 0 saturated carbocycles. The van der Waals surface area contributed by atoms with Crippen LogP contribution in [0.4, 0.5) is 5.69 Å². The summed E-state index contributed by atoms with van der Waals surface area (Å²) >= 11 is 0. The van der Waals surface area contributed by atoms with E-state index >= 15 is 0 Å². The Morgan fingerprint density at radius 1 is 1.00 bits per heavy atom. The third kappa shape index (κ3) is 4.58. The molecule has 1 saturated heterocycles. The van der Waals surface area contributed by atoms with Crippen LogP contribution in [0.3, 0.4) is 0 Å². The highest BCUT2D eigenvalue weighted by Crippen LogP contribution is 2.33. The molecule has 10 nitrogen and oxygen atoms in total. The maximum absolute atomic E-state index is 11.4. The molecule has 1 aliphatic heterocycles. The Kier molecular flexibility index (Phi) is 6.65. The van der Waals surface area contributed by atoms with Crippen LogP contribution in [0.5, 0.6) is 5.75 Å². The van der Waals surface area contributed by atoms with Crippen LogP contribution in [-0.2, 0) is 14.3 Å². The molecule has 2 aromatic rings. The highest BCUT2D eigenvalue weighted by Gasteiger charge is 2.44. The number of amides is 1. The van der Waals surface area contributed by atoms with E-state index in [0.717, 1.165) is 0 Å². The molecule has 10 heteroatoms. The van der Waals surface area contributed by atoms with Gasteiger partial charge in [0, 0.05) is 11.3 Å². The normalized spacial score (nSPS) is 26.1. The number of anilines is 1. The monoisotopic (exact) mass is 419 g/mol. The number of ether oxygens (including phenoxy) is 2. The summed E-state index contributed by atoms with van der Waals surface area (Å²) in [6.45, 7) is -0.586. The predicted molar refractivity (Wildman–Crippen MR) is 103 cm³/mol. The number of hydrogen-bond donors (Lipinski definition) is 6. The van der Waals surface area contributed by atoms with Gasteiger partial charge >= 0.3 is 11.9 Å². The fourth-order valence-corrected chi connectivity index (χ4v) is 3.05. The lowest BCUT2D eigenvalue weighted by Crippen LogP contribution is -2.60. The first-order valence-corrected chi connectivity index (χ1v) is 9.02. The Morgan fingerprint density at radius 3 is 2.43 bits per heavy atom. The summed E-state index contributed by atoms with van der Waals surface area (Å²) in [7, 11) is 0. The number of para-hydroxylation sites is 1. The quantitative estimate of drug-likeness (QED) is 0.352. The maximum atomic E-state index is 11.4. The van der Waals surface area contributed by atoms with Gasteiger partial charge in [-0.2, -0.15) is 0 Å². The zero-order valence-corrected chi connectivity index (χ0v) is 15.6. The van der Waals surface area contributed by atoms with Crippen molar-refractivity contribution in [2.45, 2.75) is 30.7 Å². The fraction of sp³-hybridized carbons (Fsp3) is 0.300. The number of carboxylic acids is 1. The summed E-state index contributed by atoms with van der Waals surface area (Å²) in [5.41, 5.74) is 1.35. The van der Waals surface area contributed by atoms with Gasteiger partial charge in [0.2, 0.25) is 6.29 Å². The van der Waals surface area contributed by atoms with Crippen molar-refractivity contribution < 1.29 is 44.6 Å². The summed E-state index contributed by atoms with van der Waals surface area (Å²) in [4.78, 5) is 22.1. The van der Waals surface area contributed by atoms with Gasteiger partial charge in [-0.1, -0.05) is 30.3 Å². The van der Waals surface area contributed by atoms with Gasteiger partial charge in [0.1, 0.15) is 30.2 Å². The van der Waals surface area contributed by atoms with Crippen molar-refractivity contribution >= 4 is 17.6 Å². The molecule has 5 atom stereocenters. The predicted octanol–water partition coefficient (Wildman–Crippen LogP) is -0.445. The summed E-state index contributed by atoms with van der Waals surface area (Å²) in [5, 5.41) is 50.3. The van der Waals surface area contributed by atoms with Crippen molar-refractivity contribution in [3.05, 3.63) is 48.5 Å². The zero-order valence-electron chi connectivity index (χ0n) is 15.6. The molecule has 0 unspecified atom stereocenters. The van der Waals surface area contributed by atoms with Gasteiger partial charge in [0.05, 0.1) is 6.61 Å². The SMILES string of the molecule is O=C(O)C(=O)Nc1cccc(-c2ccccc2O[C@H]2O[C@H](CO)[C@@H](O)[C@H](O)[C@@H]2O)c1. The summed E-state index contributed by atoms with van der Waals surface area (Å²) in [6.07, 6.45) is -7.14. The molecule has 0 aromatic heterocycles. The first-order valence-electron chi connectivity index (χ1n) is 9.02. The van der Waals surface area contributed by atoms with Crippen LogP contribution >= 0.6 is 0 Å². The summed E-state index contributed by atoms with van der Waals surface area (Å²) in [5.74, 6) is -2.55. The summed E-state index contributed by atoms with van der Waals surface area (Å²) < 4.78 is 11.1. The van der Waals surface area contributed by atoms with Gasteiger partial charge in [0.25, 0.3) is 0 Å². The number of aliphatic hydroxyl groups is 4. The van der Waals surface area contributed by atoms with Crippen LogP contribution in [0.25, 0.3) is 11.1 Å². The van der Waals surface area contributed by atoms with Gasteiger partial charge in [-0.3, -0.25) is 4.79 Å². The molecule has 160 valence electrons. The van der Waals surface area contributed by atoms with Gasteiger partial charge in [-0.25, -0.2) is 4.79 Å². The molecule has 1 heterocycles. The van der Waals surface area contributed by atoms with Crippen molar-refractivity contribution in [3.63, 3.8) is 0 Å². The van der Waals surface area contributed by atoms with Crippen LogP contribution < -0.4 is 10.1 Å². The third-order valence-corrected chi connectivity index (χ3v) is 4.60. The number of aliphatic hydroxyl groups excluding tert-OH is 4. The van der Waals surface area contributed by atoms with Crippen LogP contribution in [0.15, 0.2) is 48.5 Å². The molecule has 2 aromatic carbocycles. The number of carbonyl (C=O) groups is 2. The Morgan fingerprint density at radius 2 is 1.73 bits per heavy atom. The highest BCUT2D eigenvalue weighted by molar-refractivity contribution is 6.36. The van der Waals surface area contributed by atoms with Gasteiger partial charge in [-0.15, -0.1) is 0 Å². The van der Waals surface area contributed by atoms with E-state index in [9.17, 15) is 30.0 Å². The van der Waals surface area contributed by atoms with Gasteiger partial charge in [-0.05, 0) is 23.8 Å². The number of rotatable bonds is 5. The topological polar surface area (TPSA) is 166 Å². The average molecular weight is 419 g/mol. The Bertz CT molecular complexity index is 917. The Labute approximate surface area is 170 Å². The second kappa shape index (κ2) is 9.20. The van der Waals surface area contributed by atoms with E-state index in [1.165, 1.54) is 12.1 Å². The zero-order chi connectivity index (χ0) is 21.8. The van der Waals surface area contributed by atoms with Crippen molar-refractivity contribution in [2.75, 3.05) is 11.9 Å². The lowest BCUT2D eigenvalue weighted by Gasteiger charge is -2.39. The van der Waals surface area contributed by atoms with E-state index in [0.29, 0.717) is 11.1 Å². The number of benzene rings is 2. The van der Waals surface area contributed by atoms with Crippen LogP contribution in [0.1, 0.15) is 0 Å². The highest BCUT2D eigenvalue weighted by atomic mass is 16.7. The number of carbonyl (C=O) groups excluding carboxylic acids is 1. The average Bonchev–Trinajstić information content (AvgIpc) is 2.74. The van der Waals surface area contributed by atoms with Crippen molar-refractivity contribution in [3.8, 4) is 16.9 Å². The number of nitrogens with one attached hydrogen (secondary N) is 1. The lowest BCUT2D eigenvalue weighted by atomic mass is 9.99. The molecular weight excluding hydrogens is 398 g/mol. The largest absolute Gasteiger partial charge is 0.474 e. The van der Waals surface area contributed by atoms with Crippen molar-refractivity contribution in [2.24, 2.45) is 0 Å². The smallest absolute Gasteiger partial charge is 0.394 e. The van der Waals surface area contributed by atoms with E-state index in [4.69, 9.17) is 14.6 Å². The lowest BCUT2D eigenvalue weighted by molar-refractivity contribution is -0.277. The van der Waals surface area contributed by atoms with Crippen molar-refractivity contribution in [1.82, 2.24) is 0 Å². The molecule has 3 rings (SSSR count). The van der Waals surface area contributed by atoms with Gasteiger partial charge in [0.15, 0.2) is 0 Å². The number of aliphatic carboxylic acids is 1. The number of carboxylic acid groups (broad SMARTS) is 1. The van der Waals surface area contributed by atoms with E-state index in [2.05, 4.69) is 5.32 Å². The first-order chi connectivity index (χ1) is 14.3. The van der Waals surface area contributed by atoms with E-state index < -0.39 is 49.2 Å². The third-order valence-electron chi connectivity index (χ3n) is 4.60. The molecule has 0 spiro atoms. The van der Waals surface area contributed by atoms with E-state index in [-0.39, 0.29) is 11.4 Å². The molecule has 1 aliphatic rings. The van der Waals surface area contributed by atoms with Crippen LogP contribution in [0.2, 0.25) is 0 Å². The molecule has 30 heavy (non-hydrogen) atoms. The van der Waals surface area contributed by atoms with Gasteiger partial charge < -0.3 is 40.3 Å². The Hall–Kier alpha value is -3.02. The van der Waals surface area contributed by atoms with Crippen LogP contribution in [0, 0.1) is 0 Å². The second-order valence-electron chi connectivity index (χ2n) is 6.65. The minimum absolute atomic E-state index is 0.252. The molecule has 1 fully saturated rings. The molecule has 6 N–H and O–H groups in total.